The Labute approximate surface area is 180 Å². The topological polar surface area (TPSA) is 136 Å². The molecular formula is C19H24N6O5S. The number of carbonyl (C=O) groups excluding carboxylic acids is 1. The van der Waals surface area contributed by atoms with Crippen LogP contribution in [0.2, 0.25) is 0 Å². The molecule has 0 aliphatic carbocycles. The van der Waals surface area contributed by atoms with Crippen molar-refractivity contribution in [2.75, 3.05) is 36.3 Å². The molecule has 1 N–H and O–H groups in total. The van der Waals surface area contributed by atoms with Gasteiger partial charge >= 0.3 is 0 Å². The molecule has 0 aromatic carbocycles. The van der Waals surface area contributed by atoms with Gasteiger partial charge in [-0.25, -0.2) is 18.4 Å². The zero-order valence-corrected chi connectivity index (χ0v) is 18.5. The van der Waals surface area contributed by atoms with E-state index in [1.165, 1.54) is 26.2 Å². The van der Waals surface area contributed by atoms with Gasteiger partial charge < -0.3 is 19.7 Å². The van der Waals surface area contributed by atoms with Crippen molar-refractivity contribution in [2.24, 2.45) is 0 Å². The van der Waals surface area contributed by atoms with E-state index in [-0.39, 0.29) is 29.4 Å². The number of anilines is 2. The number of nitrogens with one attached hydrogen (secondary N) is 1. The summed E-state index contributed by atoms with van der Waals surface area (Å²) in [6.45, 7) is 6.29. The van der Waals surface area contributed by atoms with Crippen LogP contribution in [0.3, 0.4) is 0 Å². The summed E-state index contributed by atoms with van der Waals surface area (Å²) < 4.78 is 35.3. The van der Waals surface area contributed by atoms with Gasteiger partial charge in [-0.1, -0.05) is 0 Å². The number of morpholine rings is 1. The summed E-state index contributed by atoms with van der Waals surface area (Å²) in [4.78, 5) is 23.8. The Hall–Kier alpha value is -2.86. The minimum atomic E-state index is -3.60. The summed E-state index contributed by atoms with van der Waals surface area (Å²) in [5, 5.41) is 10.1. The molecule has 0 radical (unpaired) electrons. The highest BCUT2D eigenvalue weighted by Crippen LogP contribution is 2.43. The molecule has 12 heteroatoms. The van der Waals surface area contributed by atoms with Crippen molar-refractivity contribution in [2.45, 2.75) is 37.6 Å². The Bertz CT molecular complexity index is 1110. The Balaban J connectivity index is 1.86. The summed E-state index contributed by atoms with van der Waals surface area (Å²) >= 11 is 0. The second-order valence-electron chi connectivity index (χ2n) is 8.17. The molecule has 11 nitrogen and oxygen atoms in total. The number of fused-ring (bicyclic) bond motifs is 3. The van der Waals surface area contributed by atoms with Crippen LogP contribution in [0, 0.1) is 0 Å². The van der Waals surface area contributed by atoms with Crippen molar-refractivity contribution in [1.29, 1.82) is 0 Å². The first-order valence-electron chi connectivity index (χ1n) is 9.78. The molecule has 2 atom stereocenters. The van der Waals surface area contributed by atoms with Gasteiger partial charge in [-0.05, 0) is 26.8 Å². The van der Waals surface area contributed by atoms with Gasteiger partial charge in [-0.3, -0.25) is 4.79 Å². The van der Waals surface area contributed by atoms with E-state index in [4.69, 9.17) is 9.47 Å². The lowest BCUT2D eigenvalue weighted by Gasteiger charge is -2.45. The third kappa shape index (κ3) is 3.81. The van der Waals surface area contributed by atoms with E-state index in [0.29, 0.717) is 31.3 Å². The Morgan fingerprint density at radius 3 is 2.68 bits per heavy atom. The van der Waals surface area contributed by atoms with E-state index in [0.717, 1.165) is 6.26 Å². The fourth-order valence-electron chi connectivity index (χ4n) is 3.57. The summed E-state index contributed by atoms with van der Waals surface area (Å²) in [6, 6.07) is 1.44. The van der Waals surface area contributed by atoms with E-state index in [1.807, 2.05) is 11.8 Å². The van der Waals surface area contributed by atoms with Gasteiger partial charge in [-0.2, -0.15) is 10.2 Å². The number of aromatic nitrogens is 4. The summed E-state index contributed by atoms with van der Waals surface area (Å²) in [7, 11) is -3.60. The lowest BCUT2D eigenvalue weighted by molar-refractivity contribution is 0.0481. The molecule has 4 heterocycles. The number of nitrogens with zero attached hydrogens (tertiary/aromatic N) is 5. The van der Waals surface area contributed by atoms with Gasteiger partial charge in [0.05, 0.1) is 43.4 Å². The molecule has 2 aliphatic rings. The fourth-order valence-corrected chi connectivity index (χ4v) is 4.06. The number of hydrogen-bond acceptors (Lipinski definition) is 10. The number of ether oxygens (including phenoxy) is 2. The van der Waals surface area contributed by atoms with E-state index < -0.39 is 20.5 Å². The van der Waals surface area contributed by atoms with Crippen LogP contribution in [-0.4, -0.2) is 72.7 Å². The molecule has 1 saturated heterocycles. The molecule has 31 heavy (non-hydrogen) atoms. The van der Waals surface area contributed by atoms with Crippen LogP contribution < -0.4 is 15.0 Å². The minimum absolute atomic E-state index is 0.0363. The van der Waals surface area contributed by atoms with Crippen LogP contribution >= 0.6 is 0 Å². The molecular weight excluding hydrogens is 424 g/mol. The van der Waals surface area contributed by atoms with E-state index in [2.05, 4.69) is 25.5 Å². The minimum Gasteiger partial charge on any atom is -0.486 e. The smallest absolute Gasteiger partial charge is 0.293 e. The first-order valence-corrected chi connectivity index (χ1v) is 11.7. The molecule has 0 saturated carbocycles. The molecule has 1 fully saturated rings. The lowest BCUT2D eigenvalue weighted by atomic mass is 10.0. The molecule has 2 aliphatic heterocycles. The van der Waals surface area contributed by atoms with Gasteiger partial charge in [-0.15, -0.1) is 0 Å². The van der Waals surface area contributed by atoms with Crippen molar-refractivity contribution < 1.29 is 22.7 Å². The number of amides is 1. The van der Waals surface area contributed by atoms with Crippen molar-refractivity contribution in [1.82, 2.24) is 20.2 Å². The fraction of sp³-hybridized carbons (Fsp3) is 0.526. The molecule has 0 bridgehead atoms. The SMILES string of the molecule is C[C@@H]1COC[C@H]2COc3c(nc(C(=O)Nc4ccnnc4)nc3C(C)(C)S(C)(=O)=O)N21. The average Bonchev–Trinajstić information content (AvgIpc) is 2.72. The van der Waals surface area contributed by atoms with Crippen molar-refractivity contribution in [3.05, 3.63) is 30.0 Å². The molecule has 2 aromatic rings. The summed E-state index contributed by atoms with van der Waals surface area (Å²) in [5.74, 6) is -0.0797. The molecule has 4 rings (SSSR count). The third-order valence-electron chi connectivity index (χ3n) is 5.59. The third-order valence-corrected chi connectivity index (χ3v) is 7.64. The van der Waals surface area contributed by atoms with Gasteiger partial charge in [0, 0.05) is 6.26 Å². The first kappa shape index (κ1) is 21.4. The molecule has 1 amide bonds. The van der Waals surface area contributed by atoms with Crippen LogP contribution in [0.15, 0.2) is 18.5 Å². The highest BCUT2D eigenvalue weighted by Gasteiger charge is 2.44. The van der Waals surface area contributed by atoms with Crippen molar-refractivity contribution in [3.8, 4) is 5.75 Å². The van der Waals surface area contributed by atoms with Crippen molar-refractivity contribution in [3.63, 3.8) is 0 Å². The van der Waals surface area contributed by atoms with Crippen LogP contribution in [0.1, 0.15) is 37.1 Å². The molecule has 2 aromatic heterocycles. The highest BCUT2D eigenvalue weighted by atomic mass is 32.2. The molecule has 0 spiro atoms. The van der Waals surface area contributed by atoms with E-state index >= 15 is 0 Å². The van der Waals surface area contributed by atoms with Crippen molar-refractivity contribution >= 4 is 27.2 Å². The van der Waals surface area contributed by atoms with E-state index in [9.17, 15) is 13.2 Å². The number of carbonyl (C=O) groups is 1. The maximum absolute atomic E-state index is 13.0. The second-order valence-corrected chi connectivity index (χ2v) is 10.7. The van der Waals surface area contributed by atoms with Gasteiger partial charge in [0.15, 0.2) is 21.4 Å². The number of rotatable bonds is 4. The first-order chi connectivity index (χ1) is 14.6. The zero-order chi connectivity index (χ0) is 22.4. The van der Waals surface area contributed by atoms with Crippen LogP contribution in [0.4, 0.5) is 11.5 Å². The Morgan fingerprint density at radius 2 is 2.00 bits per heavy atom. The highest BCUT2D eigenvalue weighted by molar-refractivity contribution is 7.91. The zero-order valence-electron chi connectivity index (χ0n) is 17.7. The predicted molar refractivity (Wildman–Crippen MR) is 112 cm³/mol. The maximum atomic E-state index is 13.0. The van der Waals surface area contributed by atoms with Gasteiger partial charge in [0.2, 0.25) is 5.82 Å². The standard InChI is InChI=1S/C19H24N6O5S/c1-11-8-29-9-13-10-30-14-15(19(2,3)31(4,27)28)23-16(24-17(14)25(11)13)18(26)22-12-5-6-20-21-7-12/h5-7,11,13H,8-10H2,1-4H3,(H,20,22,26)/t11-,13+/m1/s1. The second kappa shape index (κ2) is 7.68. The monoisotopic (exact) mass is 448 g/mol. The molecule has 0 unspecified atom stereocenters. The average molecular weight is 449 g/mol. The lowest BCUT2D eigenvalue weighted by Crippen LogP contribution is -2.56. The largest absolute Gasteiger partial charge is 0.486 e. The normalized spacial score (nSPS) is 21.0. The van der Waals surface area contributed by atoms with Crippen LogP contribution in [-0.2, 0) is 19.3 Å². The Kier molecular flexibility index (Phi) is 5.30. The number of sulfone groups is 1. The van der Waals surface area contributed by atoms with E-state index in [1.54, 1.807) is 6.07 Å². The Morgan fingerprint density at radius 1 is 1.23 bits per heavy atom. The maximum Gasteiger partial charge on any atom is 0.293 e. The van der Waals surface area contributed by atoms with Gasteiger partial charge in [0.1, 0.15) is 17.0 Å². The molecule has 166 valence electrons. The summed E-state index contributed by atoms with van der Waals surface area (Å²) in [6.07, 6.45) is 3.96. The number of hydrogen-bond donors (Lipinski definition) is 1. The van der Waals surface area contributed by atoms with Crippen LogP contribution in [0.25, 0.3) is 0 Å². The van der Waals surface area contributed by atoms with Gasteiger partial charge in [0.25, 0.3) is 5.91 Å². The van der Waals surface area contributed by atoms with Crippen LogP contribution in [0.5, 0.6) is 5.75 Å². The summed E-state index contributed by atoms with van der Waals surface area (Å²) in [5.41, 5.74) is 0.564. The predicted octanol–water partition coefficient (Wildman–Crippen LogP) is 0.785. The quantitative estimate of drug-likeness (QED) is 0.714.